The summed E-state index contributed by atoms with van der Waals surface area (Å²) in [5.41, 5.74) is 0.481. The minimum Gasteiger partial charge on any atom is -0.481 e. The van der Waals surface area contributed by atoms with Gasteiger partial charge in [-0.3, -0.25) is 4.79 Å². The third kappa shape index (κ3) is 3.20. The summed E-state index contributed by atoms with van der Waals surface area (Å²) in [5.74, 6) is -1.51. The van der Waals surface area contributed by atoms with E-state index in [0.29, 0.717) is 10.8 Å². The first kappa shape index (κ1) is 12.2. The molecule has 1 heterocycles. The van der Waals surface area contributed by atoms with E-state index in [4.69, 9.17) is 16.7 Å². The van der Waals surface area contributed by atoms with Gasteiger partial charge in [0.1, 0.15) is 5.15 Å². The van der Waals surface area contributed by atoms with Crippen LogP contribution in [0.25, 0.3) is 0 Å². The van der Waals surface area contributed by atoms with Crippen molar-refractivity contribution in [3.8, 4) is 0 Å². The average molecular weight is 222 g/mol. The molecule has 0 saturated heterocycles. The zero-order valence-electron chi connectivity index (χ0n) is 6.90. The van der Waals surface area contributed by atoms with Crippen LogP contribution in [0.15, 0.2) is 18.2 Å². The number of hydrogen-bond acceptors (Lipinski definition) is 2. The van der Waals surface area contributed by atoms with Crippen molar-refractivity contribution in [3.05, 3.63) is 29.0 Å². The average Bonchev–Trinajstić information content (AvgIpc) is 2.03. The molecule has 1 aromatic heterocycles. The van der Waals surface area contributed by atoms with Gasteiger partial charge in [0.25, 0.3) is 0 Å². The summed E-state index contributed by atoms with van der Waals surface area (Å²) in [7, 11) is 0. The highest BCUT2D eigenvalue weighted by molar-refractivity contribution is 6.29. The molecule has 1 atom stereocenters. The third-order valence-corrected chi connectivity index (χ3v) is 1.76. The van der Waals surface area contributed by atoms with E-state index in [0.717, 1.165) is 0 Å². The van der Waals surface area contributed by atoms with E-state index < -0.39 is 11.9 Å². The summed E-state index contributed by atoms with van der Waals surface area (Å²) >= 11 is 5.59. The Balaban J connectivity index is 0.00000144. The minimum atomic E-state index is -0.898. The Hall–Kier alpha value is -0.800. The van der Waals surface area contributed by atoms with Gasteiger partial charge >= 0.3 is 5.97 Å². The lowest BCUT2D eigenvalue weighted by molar-refractivity contribution is -0.138. The summed E-state index contributed by atoms with van der Waals surface area (Å²) in [4.78, 5) is 14.4. The minimum absolute atomic E-state index is 0. The van der Waals surface area contributed by atoms with Gasteiger partial charge < -0.3 is 5.11 Å². The fourth-order valence-corrected chi connectivity index (χ4v) is 0.962. The molecule has 0 aliphatic rings. The van der Waals surface area contributed by atoms with E-state index in [1.807, 2.05) is 0 Å². The zero-order valence-corrected chi connectivity index (χ0v) is 8.47. The van der Waals surface area contributed by atoms with Gasteiger partial charge in [0.05, 0.1) is 11.6 Å². The van der Waals surface area contributed by atoms with E-state index in [1.165, 1.54) is 0 Å². The molecule has 72 valence electrons. The number of pyridine rings is 1. The van der Waals surface area contributed by atoms with Crippen LogP contribution in [0.1, 0.15) is 18.5 Å². The Morgan fingerprint density at radius 3 is 2.69 bits per heavy atom. The second-order valence-electron chi connectivity index (χ2n) is 2.45. The lowest BCUT2D eigenvalue weighted by Crippen LogP contribution is -2.08. The predicted octanol–water partition coefficient (Wildman–Crippen LogP) is 2.34. The maximum Gasteiger partial charge on any atom is 0.312 e. The van der Waals surface area contributed by atoms with Crippen LogP contribution in [0.4, 0.5) is 0 Å². The molecule has 0 aliphatic heterocycles. The second kappa shape index (κ2) is 5.04. The Bertz CT molecular complexity index is 304. The van der Waals surface area contributed by atoms with Crippen molar-refractivity contribution in [2.75, 3.05) is 0 Å². The molecule has 0 aromatic carbocycles. The van der Waals surface area contributed by atoms with Gasteiger partial charge in [-0.05, 0) is 19.1 Å². The number of carboxylic acids is 1. The van der Waals surface area contributed by atoms with Gasteiger partial charge in [0, 0.05) is 0 Å². The first-order valence-electron chi connectivity index (χ1n) is 3.46. The quantitative estimate of drug-likeness (QED) is 0.781. The molecule has 1 rings (SSSR count). The van der Waals surface area contributed by atoms with Gasteiger partial charge in [-0.25, -0.2) is 4.98 Å². The molecule has 1 aromatic rings. The molecule has 0 aliphatic carbocycles. The van der Waals surface area contributed by atoms with Crippen LogP contribution in [0.5, 0.6) is 0 Å². The maximum atomic E-state index is 10.5. The molecule has 0 amide bonds. The van der Waals surface area contributed by atoms with E-state index in [-0.39, 0.29) is 12.4 Å². The lowest BCUT2D eigenvalue weighted by Gasteiger charge is -2.04. The molecule has 0 fully saturated rings. The number of aliphatic carboxylic acids is 1. The van der Waals surface area contributed by atoms with E-state index in [2.05, 4.69) is 4.98 Å². The van der Waals surface area contributed by atoms with Crippen molar-refractivity contribution in [2.45, 2.75) is 12.8 Å². The molecule has 0 saturated carbocycles. The van der Waals surface area contributed by atoms with Gasteiger partial charge in [-0.1, -0.05) is 17.7 Å². The van der Waals surface area contributed by atoms with Gasteiger partial charge in [-0.15, -0.1) is 12.4 Å². The number of nitrogens with zero attached hydrogens (tertiary/aromatic N) is 1. The number of hydrogen-bond donors (Lipinski definition) is 1. The largest absolute Gasteiger partial charge is 0.481 e. The molecule has 0 bridgehead atoms. The van der Waals surface area contributed by atoms with E-state index in [1.54, 1.807) is 25.1 Å². The Morgan fingerprint density at radius 2 is 2.23 bits per heavy atom. The molecular weight excluding hydrogens is 213 g/mol. The second-order valence-corrected chi connectivity index (χ2v) is 2.83. The summed E-state index contributed by atoms with van der Waals surface area (Å²) in [6.45, 7) is 1.57. The maximum absolute atomic E-state index is 10.5. The smallest absolute Gasteiger partial charge is 0.312 e. The predicted molar refractivity (Wildman–Crippen MR) is 52.5 cm³/mol. The molecule has 1 N–H and O–H groups in total. The van der Waals surface area contributed by atoms with Crippen LogP contribution in [-0.4, -0.2) is 16.1 Å². The highest BCUT2D eigenvalue weighted by Crippen LogP contribution is 2.14. The monoisotopic (exact) mass is 221 g/mol. The Morgan fingerprint density at radius 1 is 1.62 bits per heavy atom. The third-order valence-electron chi connectivity index (χ3n) is 1.55. The fourth-order valence-electron chi connectivity index (χ4n) is 0.792. The highest BCUT2D eigenvalue weighted by Gasteiger charge is 2.14. The Labute approximate surface area is 87.2 Å². The van der Waals surface area contributed by atoms with Crippen LogP contribution in [0.3, 0.4) is 0 Å². The standard InChI is InChI=1S/C8H8ClNO2.ClH/c1-5(8(11)12)6-3-2-4-7(9)10-6;/h2-5H,1H3,(H,11,12);1H. The SMILES string of the molecule is CC(C(=O)O)c1cccc(Cl)n1.Cl. The van der Waals surface area contributed by atoms with Crippen LogP contribution >= 0.6 is 24.0 Å². The first-order valence-corrected chi connectivity index (χ1v) is 3.84. The van der Waals surface area contributed by atoms with Crippen molar-refractivity contribution < 1.29 is 9.90 Å². The lowest BCUT2D eigenvalue weighted by atomic mass is 10.1. The number of halogens is 2. The number of aromatic nitrogens is 1. The molecular formula is C8H9Cl2NO2. The van der Waals surface area contributed by atoms with Crippen molar-refractivity contribution in [1.82, 2.24) is 4.98 Å². The molecule has 13 heavy (non-hydrogen) atoms. The van der Waals surface area contributed by atoms with Crippen molar-refractivity contribution in [1.29, 1.82) is 0 Å². The number of rotatable bonds is 2. The van der Waals surface area contributed by atoms with Gasteiger partial charge in [-0.2, -0.15) is 0 Å². The number of carboxylic acid groups (broad SMARTS) is 1. The summed E-state index contributed by atoms with van der Waals surface area (Å²) in [6.07, 6.45) is 0. The van der Waals surface area contributed by atoms with Crippen LogP contribution < -0.4 is 0 Å². The molecule has 0 spiro atoms. The van der Waals surface area contributed by atoms with E-state index >= 15 is 0 Å². The van der Waals surface area contributed by atoms with Crippen LogP contribution in [0.2, 0.25) is 5.15 Å². The highest BCUT2D eigenvalue weighted by atomic mass is 35.5. The van der Waals surface area contributed by atoms with Crippen LogP contribution in [0, 0.1) is 0 Å². The molecule has 1 unspecified atom stereocenters. The summed E-state index contributed by atoms with van der Waals surface area (Å²) in [6, 6.07) is 4.94. The van der Waals surface area contributed by atoms with Crippen LogP contribution in [-0.2, 0) is 4.79 Å². The van der Waals surface area contributed by atoms with Crippen molar-refractivity contribution in [3.63, 3.8) is 0 Å². The number of carbonyl (C=O) groups is 1. The Kier molecular flexibility index (Phi) is 4.73. The molecule has 3 nitrogen and oxygen atoms in total. The van der Waals surface area contributed by atoms with Crippen molar-refractivity contribution >= 4 is 30.0 Å². The summed E-state index contributed by atoms with van der Waals surface area (Å²) in [5, 5.41) is 8.96. The summed E-state index contributed by atoms with van der Waals surface area (Å²) < 4.78 is 0. The fraction of sp³-hybridized carbons (Fsp3) is 0.250. The molecule has 5 heteroatoms. The van der Waals surface area contributed by atoms with Gasteiger partial charge in [0.2, 0.25) is 0 Å². The van der Waals surface area contributed by atoms with E-state index in [9.17, 15) is 4.79 Å². The zero-order chi connectivity index (χ0) is 9.14. The molecule has 0 radical (unpaired) electrons. The normalized spacial score (nSPS) is 11.5. The topological polar surface area (TPSA) is 50.2 Å². The first-order chi connectivity index (χ1) is 5.61. The van der Waals surface area contributed by atoms with Gasteiger partial charge in [0.15, 0.2) is 0 Å². The van der Waals surface area contributed by atoms with Crippen molar-refractivity contribution in [2.24, 2.45) is 0 Å².